The Labute approximate surface area is 116 Å². The number of nitrogens with one attached hydrogen (secondary N) is 2. The fourth-order valence-corrected chi connectivity index (χ4v) is 2.13. The minimum absolute atomic E-state index is 0.117. The molecular weight excluding hydrogens is 286 g/mol. The third-order valence-electron chi connectivity index (χ3n) is 2.54. The van der Waals surface area contributed by atoms with Crippen molar-refractivity contribution < 1.29 is 13.3 Å². The topological polar surface area (TPSA) is 131 Å². The van der Waals surface area contributed by atoms with Gasteiger partial charge >= 0.3 is 0 Å². The van der Waals surface area contributed by atoms with Crippen LogP contribution in [0.2, 0.25) is 0 Å². The molecule has 1 rings (SSSR count). The van der Waals surface area contributed by atoms with E-state index in [1.165, 1.54) is 26.2 Å². The summed E-state index contributed by atoms with van der Waals surface area (Å²) in [5, 5.41) is 13.6. The summed E-state index contributed by atoms with van der Waals surface area (Å²) in [6.07, 6.45) is 0. The first-order valence-corrected chi connectivity index (χ1v) is 7.27. The lowest BCUT2D eigenvalue weighted by atomic mass is 10.2. The second kappa shape index (κ2) is 6.50. The number of anilines is 2. The van der Waals surface area contributed by atoms with Crippen LogP contribution in [-0.2, 0) is 10.0 Å². The third-order valence-corrected chi connectivity index (χ3v) is 4.37. The van der Waals surface area contributed by atoms with E-state index in [2.05, 4.69) is 10.7 Å². The highest BCUT2D eigenvalue weighted by Crippen LogP contribution is 2.23. The first-order chi connectivity index (χ1) is 9.26. The van der Waals surface area contributed by atoms with Gasteiger partial charge in [0.05, 0.1) is 16.4 Å². The number of nitrogens with two attached hydrogens (primary N) is 1. The molecule has 0 atom stereocenters. The van der Waals surface area contributed by atoms with Gasteiger partial charge in [0, 0.05) is 38.5 Å². The zero-order valence-corrected chi connectivity index (χ0v) is 12.0. The molecule has 0 amide bonds. The van der Waals surface area contributed by atoms with Gasteiger partial charge in [0.1, 0.15) is 0 Å². The summed E-state index contributed by atoms with van der Waals surface area (Å²) in [6, 6.07) is 4.14. The SMILES string of the molecule is CN(C)S(=O)(=O)CCNc1cc(NN)cc([N+](=O)[O-])c1. The average Bonchev–Trinajstić information content (AvgIpc) is 2.37. The molecule has 0 bridgehead atoms. The van der Waals surface area contributed by atoms with Crippen LogP contribution in [0.4, 0.5) is 17.1 Å². The Balaban J connectivity index is 2.78. The predicted molar refractivity (Wildman–Crippen MR) is 76.9 cm³/mol. The van der Waals surface area contributed by atoms with Gasteiger partial charge in [-0.15, -0.1) is 0 Å². The van der Waals surface area contributed by atoms with Crippen LogP contribution in [0.15, 0.2) is 18.2 Å². The maximum atomic E-state index is 11.6. The highest BCUT2D eigenvalue weighted by Gasteiger charge is 2.14. The van der Waals surface area contributed by atoms with Gasteiger partial charge in [-0.25, -0.2) is 12.7 Å². The first-order valence-electron chi connectivity index (χ1n) is 5.66. The van der Waals surface area contributed by atoms with Crippen LogP contribution in [-0.4, -0.2) is 44.0 Å². The van der Waals surface area contributed by atoms with Gasteiger partial charge in [0.25, 0.3) is 5.69 Å². The van der Waals surface area contributed by atoms with Gasteiger partial charge < -0.3 is 10.7 Å². The van der Waals surface area contributed by atoms with E-state index in [1.54, 1.807) is 6.07 Å². The predicted octanol–water partition coefficient (Wildman–Crippen LogP) is 0.184. The van der Waals surface area contributed by atoms with E-state index in [0.717, 1.165) is 4.31 Å². The van der Waals surface area contributed by atoms with Crippen molar-refractivity contribution >= 4 is 27.1 Å². The normalized spacial score (nSPS) is 11.4. The molecule has 1 aromatic carbocycles. The smallest absolute Gasteiger partial charge is 0.273 e. The molecule has 4 N–H and O–H groups in total. The first kappa shape index (κ1) is 16.1. The largest absolute Gasteiger partial charge is 0.384 e. The van der Waals surface area contributed by atoms with E-state index in [9.17, 15) is 18.5 Å². The molecule has 9 nitrogen and oxygen atoms in total. The molecule has 10 heteroatoms. The molecule has 0 fully saturated rings. The minimum atomic E-state index is -3.31. The van der Waals surface area contributed by atoms with Crippen LogP contribution in [0.1, 0.15) is 0 Å². The molecule has 20 heavy (non-hydrogen) atoms. The van der Waals surface area contributed by atoms with Crippen LogP contribution in [0.3, 0.4) is 0 Å². The number of hydrogen-bond acceptors (Lipinski definition) is 7. The van der Waals surface area contributed by atoms with Gasteiger partial charge in [-0.2, -0.15) is 0 Å². The zero-order chi connectivity index (χ0) is 15.3. The summed E-state index contributed by atoms with van der Waals surface area (Å²) < 4.78 is 24.2. The Morgan fingerprint density at radius 3 is 2.40 bits per heavy atom. The van der Waals surface area contributed by atoms with Gasteiger partial charge in [-0.1, -0.05) is 0 Å². The average molecular weight is 303 g/mol. The number of nitro groups is 1. The molecular formula is C10H17N5O4S. The number of benzene rings is 1. The van der Waals surface area contributed by atoms with Crippen LogP contribution in [0, 0.1) is 10.1 Å². The maximum absolute atomic E-state index is 11.6. The van der Waals surface area contributed by atoms with Crippen molar-refractivity contribution in [3.8, 4) is 0 Å². The van der Waals surface area contributed by atoms with Gasteiger partial charge in [0.15, 0.2) is 0 Å². The van der Waals surface area contributed by atoms with E-state index in [-0.39, 0.29) is 18.0 Å². The number of non-ortho nitro benzene ring substituents is 1. The summed E-state index contributed by atoms with van der Waals surface area (Å²) in [5.41, 5.74) is 2.95. The van der Waals surface area contributed by atoms with Gasteiger partial charge in [-0.3, -0.25) is 16.0 Å². The Morgan fingerprint density at radius 2 is 1.90 bits per heavy atom. The number of nitro benzene ring substituents is 1. The lowest BCUT2D eigenvalue weighted by Gasteiger charge is -2.12. The zero-order valence-electron chi connectivity index (χ0n) is 11.2. The molecule has 0 aromatic heterocycles. The molecule has 0 radical (unpaired) electrons. The van der Waals surface area contributed by atoms with E-state index in [1.807, 2.05) is 0 Å². The molecule has 1 aromatic rings. The number of nitrogens with zero attached hydrogens (tertiary/aromatic N) is 2. The van der Waals surface area contributed by atoms with Crippen molar-refractivity contribution in [2.75, 3.05) is 37.1 Å². The Bertz CT molecular complexity index is 587. The van der Waals surface area contributed by atoms with E-state index in [4.69, 9.17) is 5.84 Å². The highest BCUT2D eigenvalue weighted by molar-refractivity contribution is 7.89. The van der Waals surface area contributed by atoms with Crippen molar-refractivity contribution in [1.29, 1.82) is 0 Å². The van der Waals surface area contributed by atoms with Crippen molar-refractivity contribution in [3.63, 3.8) is 0 Å². The lowest BCUT2D eigenvalue weighted by molar-refractivity contribution is -0.384. The molecule has 112 valence electrons. The van der Waals surface area contributed by atoms with Gasteiger partial charge in [-0.05, 0) is 6.07 Å². The van der Waals surface area contributed by atoms with Crippen molar-refractivity contribution in [3.05, 3.63) is 28.3 Å². The van der Waals surface area contributed by atoms with E-state index in [0.29, 0.717) is 11.4 Å². The second-order valence-corrected chi connectivity index (χ2v) is 6.50. The third kappa shape index (κ3) is 4.33. The molecule has 0 aliphatic carbocycles. The lowest BCUT2D eigenvalue weighted by Crippen LogP contribution is -2.28. The number of rotatable bonds is 7. The number of hydrazine groups is 1. The number of nitrogen functional groups attached to an aromatic ring is 1. The summed E-state index contributed by atoms with van der Waals surface area (Å²) in [5.74, 6) is 5.11. The molecule has 0 spiro atoms. The van der Waals surface area contributed by atoms with Crippen molar-refractivity contribution in [2.45, 2.75) is 0 Å². The maximum Gasteiger partial charge on any atom is 0.273 e. The highest BCUT2D eigenvalue weighted by atomic mass is 32.2. The summed E-state index contributed by atoms with van der Waals surface area (Å²) in [7, 11) is -0.427. The minimum Gasteiger partial charge on any atom is -0.384 e. The summed E-state index contributed by atoms with van der Waals surface area (Å²) in [4.78, 5) is 10.2. The van der Waals surface area contributed by atoms with E-state index >= 15 is 0 Å². The van der Waals surface area contributed by atoms with Crippen molar-refractivity contribution in [2.24, 2.45) is 5.84 Å². The second-order valence-electron chi connectivity index (χ2n) is 4.20. The van der Waals surface area contributed by atoms with Crippen LogP contribution >= 0.6 is 0 Å². The molecule has 0 aliphatic heterocycles. The molecule has 0 saturated heterocycles. The summed E-state index contributed by atoms with van der Waals surface area (Å²) in [6.45, 7) is 0.131. The van der Waals surface area contributed by atoms with Crippen LogP contribution in [0.5, 0.6) is 0 Å². The molecule has 0 saturated carbocycles. The molecule has 0 aliphatic rings. The fourth-order valence-electron chi connectivity index (χ4n) is 1.41. The Hall–Kier alpha value is -1.91. The van der Waals surface area contributed by atoms with Gasteiger partial charge in [0.2, 0.25) is 10.0 Å². The summed E-state index contributed by atoms with van der Waals surface area (Å²) >= 11 is 0. The van der Waals surface area contributed by atoms with Crippen molar-refractivity contribution in [1.82, 2.24) is 4.31 Å². The number of hydrogen-bond donors (Lipinski definition) is 3. The standard InChI is InChI=1S/C10H17N5O4S/c1-14(2)20(18,19)4-3-12-8-5-9(13-11)7-10(6-8)15(16)17/h5-7,12-13H,3-4,11H2,1-2H3. The molecule has 0 heterocycles. The van der Waals surface area contributed by atoms with E-state index < -0.39 is 14.9 Å². The Morgan fingerprint density at radius 1 is 1.30 bits per heavy atom. The van der Waals surface area contributed by atoms with Crippen LogP contribution < -0.4 is 16.6 Å². The Kier molecular flexibility index (Phi) is 5.25. The fraction of sp³-hybridized carbons (Fsp3) is 0.400. The van der Waals surface area contributed by atoms with Crippen LogP contribution in [0.25, 0.3) is 0 Å². The molecule has 0 unspecified atom stereocenters. The quantitative estimate of drug-likeness (QED) is 0.372. The monoisotopic (exact) mass is 303 g/mol. The number of sulfonamides is 1.